The third-order valence-electron chi connectivity index (χ3n) is 3.96. The number of ether oxygens (including phenoxy) is 1. The van der Waals surface area contributed by atoms with Crippen LogP contribution in [-0.2, 0) is 17.6 Å². The van der Waals surface area contributed by atoms with E-state index in [0.717, 1.165) is 25.0 Å². The normalized spacial score (nSPS) is 17.9. The van der Waals surface area contributed by atoms with Crippen LogP contribution in [0.2, 0.25) is 0 Å². The fraction of sp³-hybridized carbons (Fsp3) is 0.389. The number of aliphatic imine (C=N–C) groups is 1. The zero-order valence-electron chi connectivity index (χ0n) is 13.6. The summed E-state index contributed by atoms with van der Waals surface area (Å²) < 4.78 is 5.44. The Morgan fingerprint density at radius 2 is 2.22 bits per heavy atom. The number of aromatic nitrogens is 2. The quantitative estimate of drug-likeness (QED) is 0.699. The van der Waals surface area contributed by atoms with E-state index in [4.69, 9.17) is 10.5 Å². The molecule has 1 heterocycles. The summed E-state index contributed by atoms with van der Waals surface area (Å²) in [5.41, 5.74) is 10.6. The fourth-order valence-corrected chi connectivity index (χ4v) is 3.03. The molecule has 2 N–H and O–H groups in total. The maximum Gasteiger partial charge on any atom is 0.282 e. The van der Waals surface area contributed by atoms with E-state index in [2.05, 4.69) is 33.2 Å². The molecule has 0 saturated heterocycles. The summed E-state index contributed by atoms with van der Waals surface area (Å²) in [6.45, 7) is 3.90. The highest BCUT2D eigenvalue weighted by atomic mass is 16.5. The highest BCUT2D eigenvalue weighted by Gasteiger charge is 2.21. The molecule has 0 amide bonds. The summed E-state index contributed by atoms with van der Waals surface area (Å²) in [5.74, 6) is 0. The number of nitrogens with zero attached hydrogens (tertiary/aromatic N) is 3. The number of hydrogen-bond acceptors (Lipinski definition) is 4. The van der Waals surface area contributed by atoms with Crippen molar-refractivity contribution in [3.63, 3.8) is 0 Å². The second-order valence-electron chi connectivity index (χ2n) is 6.06. The number of amidine groups is 1. The summed E-state index contributed by atoms with van der Waals surface area (Å²) in [5, 5.41) is 0. The molecule has 1 aromatic heterocycles. The standard InChI is InChI=1S/C18H22N4O/c1-12(2)23-18(19)22-14-6-7-15-13(10-14)4-3-5-16(15)17-11-20-8-9-21-17/h3-5,8-9,11-12,14H,6-7,10H2,1-2H3,(H2,19,22). The molecule has 5 heteroatoms. The highest BCUT2D eigenvalue weighted by molar-refractivity contribution is 5.72. The highest BCUT2D eigenvalue weighted by Crippen LogP contribution is 2.31. The Bertz CT molecular complexity index is 697. The van der Waals surface area contributed by atoms with Gasteiger partial charge in [0, 0.05) is 18.0 Å². The van der Waals surface area contributed by atoms with Crippen LogP contribution in [-0.4, -0.2) is 28.1 Å². The van der Waals surface area contributed by atoms with Gasteiger partial charge in [-0.15, -0.1) is 0 Å². The first-order chi connectivity index (χ1) is 11.1. The van der Waals surface area contributed by atoms with Crippen molar-refractivity contribution in [3.05, 3.63) is 47.9 Å². The van der Waals surface area contributed by atoms with Crippen molar-refractivity contribution in [2.45, 2.75) is 45.3 Å². The zero-order valence-corrected chi connectivity index (χ0v) is 13.6. The lowest BCUT2D eigenvalue weighted by Gasteiger charge is -2.24. The Hall–Kier alpha value is -2.43. The summed E-state index contributed by atoms with van der Waals surface area (Å²) in [6, 6.07) is 6.82. The average molecular weight is 310 g/mol. The molecule has 0 aliphatic heterocycles. The number of hydrogen-bond donors (Lipinski definition) is 1. The van der Waals surface area contributed by atoms with Crippen molar-refractivity contribution in [3.8, 4) is 11.3 Å². The third kappa shape index (κ3) is 3.67. The van der Waals surface area contributed by atoms with Gasteiger partial charge in [0.15, 0.2) is 0 Å². The Morgan fingerprint density at radius 1 is 1.35 bits per heavy atom. The molecular weight excluding hydrogens is 288 g/mol. The maximum absolute atomic E-state index is 5.86. The van der Waals surface area contributed by atoms with Crippen LogP contribution in [0.5, 0.6) is 0 Å². The van der Waals surface area contributed by atoms with Gasteiger partial charge >= 0.3 is 0 Å². The molecule has 1 unspecified atom stereocenters. The molecule has 0 spiro atoms. The van der Waals surface area contributed by atoms with Gasteiger partial charge < -0.3 is 10.5 Å². The molecule has 5 nitrogen and oxygen atoms in total. The lowest BCUT2D eigenvalue weighted by Crippen LogP contribution is -2.26. The van der Waals surface area contributed by atoms with Gasteiger partial charge in [0.25, 0.3) is 6.02 Å². The number of rotatable bonds is 3. The average Bonchev–Trinajstić information content (AvgIpc) is 2.54. The van der Waals surface area contributed by atoms with Crippen LogP contribution < -0.4 is 5.73 Å². The van der Waals surface area contributed by atoms with E-state index in [9.17, 15) is 0 Å². The van der Waals surface area contributed by atoms with Crippen LogP contribution in [0, 0.1) is 0 Å². The predicted molar refractivity (Wildman–Crippen MR) is 91.1 cm³/mol. The Labute approximate surface area is 136 Å². The predicted octanol–water partition coefficient (Wildman–Crippen LogP) is 2.74. The van der Waals surface area contributed by atoms with Crippen LogP contribution in [0.4, 0.5) is 0 Å². The molecule has 2 aromatic rings. The monoisotopic (exact) mass is 310 g/mol. The Morgan fingerprint density at radius 3 is 2.96 bits per heavy atom. The van der Waals surface area contributed by atoms with Gasteiger partial charge in [-0.3, -0.25) is 9.97 Å². The molecule has 0 bridgehead atoms. The van der Waals surface area contributed by atoms with E-state index < -0.39 is 0 Å². The number of fused-ring (bicyclic) bond motifs is 1. The maximum atomic E-state index is 5.86. The first kappa shape index (κ1) is 15.5. The van der Waals surface area contributed by atoms with Gasteiger partial charge in [-0.05, 0) is 44.2 Å². The van der Waals surface area contributed by atoms with Crippen LogP contribution in [0.15, 0.2) is 41.8 Å². The van der Waals surface area contributed by atoms with Crippen molar-refractivity contribution in [2.24, 2.45) is 10.7 Å². The zero-order chi connectivity index (χ0) is 16.2. The van der Waals surface area contributed by atoms with Gasteiger partial charge in [0.05, 0.1) is 24.0 Å². The largest absolute Gasteiger partial charge is 0.463 e. The van der Waals surface area contributed by atoms with Gasteiger partial charge in [-0.2, -0.15) is 0 Å². The van der Waals surface area contributed by atoms with Crippen molar-refractivity contribution >= 4 is 6.02 Å². The Kier molecular flexibility index (Phi) is 4.55. The van der Waals surface area contributed by atoms with Gasteiger partial charge in [0.1, 0.15) is 0 Å². The molecule has 1 aromatic carbocycles. The molecule has 0 saturated carbocycles. The minimum atomic E-state index is 0.0536. The van der Waals surface area contributed by atoms with E-state index in [0.29, 0.717) is 6.02 Å². The molecular formula is C18H22N4O. The van der Waals surface area contributed by atoms with E-state index in [1.807, 2.05) is 20.0 Å². The second kappa shape index (κ2) is 6.77. The molecule has 0 radical (unpaired) electrons. The fourth-order valence-electron chi connectivity index (χ4n) is 3.03. The summed E-state index contributed by atoms with van der Waals surface area (Å²) in [4.78, 5) is 13.1. The first-order valence-corrected chi connectivity index (χ1v) is 8.00. The Balaban J connectivity index is 1.83. The topological polar surface area (TPSA) is 73.4 Å². The SMILES string of the molecule is CC(C)OC(N)=NC1CCc2c(cccc2-c2cnccn2)C1. The summed E-state index contributed by atoms with van der Waals surface area (Å²) in [6.07, 6.45) is 8.10. The first-order valence-electron chi connectivity index (χ1n) is 8.00. The number of benzene rings is 1. The molecule has 1 aliphatic carbocycles. The van der Waals surface area contributed by atoms with Crippen molar-refractivity contribution < 1.29 is 4.74 Å². The molecule has 0 fully saturated rings. The van der Waals surface area contributed by atoms with Crippen LogP contribution >= 0.6 is 0 Å². The lowest BCUT2D eigenvalue weighted by molar-refractivity contribution is 0.222. The van der Waals surface area contributed by atoms with E-state index in [-0.39, 0.29) is 12.1 Å². The van der Waals surface area contributed by atoms with Crippen molar-refractivity contribution in [1.82, 2.24) is 9.97 Å². The number of nitrogens with two attached hydrogens (primary N) is 1. The van der Waals surface area contributed by atoms with Crippen LogP contribution in [0.25, 0.3) is 11.3 Å². The smallest absolute Gasteiger partial charge is 0.282 e. The molecule has 1 atom stereocenters. The van der Waals surface area contributed by atoms with Crippen molar-refractivity contribution in [2.75, 3.05) is 0 Å². The van der Waals surface area contributed by atoms with Crippen LogP contribution in [0.3, 0.4) is 0 Å². The van der Waals surface area contributed by atoms with Gasteiger partial charge in [-0.25, -0.2) is 4.99 Å². The molecule has 3 rings (SSSR count). The lowest BCUT2D eigenvalue weighted by atomic mass is 9.85. The summed E-state index contributed by atoms with van der Waals surface area (Å²) >= 11 is 0. The van der Waals surface area contributed by atoms with E-state index >= 15 is 0 Å². The van der Waals surface area contributed by atoms with Crippen molar-refractivity contribution in [1.29, 1.82) is 0 Å². The minimum Gasteiger partial charge on any atom is -0.463 e. The molecule has 1 aliphatic rings. The van der Waals surface area contributed by atoms with E-state index in [1.54, 1.807) is 12.4 Å². The van der Waals surface area contributed by atoms with E-state index in [1.165, 1.54) is 16.7 Å². The van der Waals surface area contributed by atoms with Gasteiger partial charge in [0.2, 0.25) is 0 Å². The molecule has 23 heavy (non-hydrogen) atoms. The minimum absolute atomic E-state index is 0.0536. The molecule has 120 valence electrons. The summed E-state index contributed by atoms with van der Waals surface area (Å²) in [7, 11) is 0. The second-order valence-corrected chi connectivity index (χ2v) is 6.06. The van der Waals surface area contributed by atoms with Crippen LogP contribution in [0.1, 0.15) is 31.4 Å². The third-order valence-corrected chi connectivity index (χ3v) is 3.96. The van der Waals surface area contributed by atoms with Gasteiger partial charge in [-0.1, -0.05) is 18.2 Å².